The Morgan fingerprint density at radius 2 is 1.88 bits per heavy atom. The Balaban J connectivity index is 1.70. The predicted molar refractivity (Wildman–Crippen MR) is 109 cm³/mol. The summed E-state index contributed by atoms with van der Waals surface area (Å²) >= 11 is 12.0. The number of benzene rings is 2. The van der Waals surface area contributed by atoms with E-state index in [1.807, 2.05) is 18.2 Å². The fourth-order valence-corrected chi connectivity index (χ4v) is 3.43. The molecule has 0 aromatic heterocycles. The van der Waals surface area contributed by atoms with Crippen molar-refractivity contribution in [3.8, 4) is 0 Å². The van der Waals surface area contributed by atoms with Gasteiger partial charge in [-0.3, -0.25) is 4.79 Å². The molecule has 6 heteroatoms. The summed E-state index contributed by atoms with van der Waals surface area (Å²) in [7, 11) is 2.21. The summed E-state index contributed by atoms with van der Waals surface area (Å²) in [5.41, 5.74) is 2.64. The lowest BCUT2D eigenvalue weighted by Gasteiger charge is -2.32. The van der Waals surface area contributed by atoms with E-state index in [-0.39, 0.29) is 5.91 Å². The number of piperazine rings is 1. The molecule has 0 unspecified atom stereocenters. The molecule has 1 aliphatic heterocycles. The number of nitrogens with zero attached hydrogens (tertiary/aromatic N) is 1. The third-order valence-electron chi connectivity index (χ3n) is 4.50. The van der Waals surface area contributed by atoms with Gasteiger partial charge in [0.25, 0.3) is 0 Å². The van der Waals surface area contributed by atoms with Crippen LogP contribution in [0.5, 0.6) is 0 Å². The van der Waals surface area contributed by atoms with Crippen LogP contribution >= 0.6 is 23.2 Å². The number of quaternary nitrogens is 1. The molecule has 0 atom stereocenters. The average Bonchev–Trinajstić information content (AvgIpc) is 2.62. The fraction of sp³-hybridized carbons (Fsp3) is 0.250. The molecule has 1 amide bonds. The Morgan fingerprint density at radius 3 is 2.62 bits per heavy atom. The summed E-state index contributed by atoms with van der Waals surface area (Å²) in [5, 5.41) is 4.06. The highest BCUT2D eigenvalue weighted by Gasteiger charge is 2.19. The van der Waals surface area contributed by atoms with E-state index in [1.165, 1.54) is 11.0 Å². The van der Waals surface area contributed by atoms with Crippen molar-refractivity contribution in [3.05, 3.63) is 64.1 Å². The summed E-state index contributed by atoms with van der Waals surface area (Å²) in [6.07, 6.45) is 3.18. The molecule has 0 bridgehead atoms. The third-order valence-corrected chi connectivity index (χ3v) is 5.06. The van der Waals surface area contributed by atoms with E-state index in [4.69, 9.17) is 23.2 Å². The Morgan fingerprint density at radius 1 is 1.15 bits per heavy atom. The minimum absolute atomic E-state index is 0.191. The highest BCUT2D eigenvalue weighted by Crippen LogP contribution is 2.26. The predicted octanol–water partition coefficient (Wildman–Crippen LogP) is 2.98. The van der Waals surface area contributed by atoms with Crippen molar-refractivity contribution in [2.45, 2.75) is 0 Å². The number of amides is 1. The highest BCUT2D eigenvalue weighted by molar-refractivity contribution is 6.35. The van der Waals surface area contributed by atoms with Gasteiger partial charge in [-0.05, 0) is 35.9 Å². The number of likely N-dealkylation sites (N-methyl/N-ethyl adjacent to an activating group) is 1. The van der Waals surface area contributed by atoms with Crippen molar-refractivity contribution in [3.63, 3.8) is 0 Å². The Kier molecular flexibility index (Phi) is 6.20. The van der Waals surface area contributed by atoms with Crippen LogP contribution < -0.4 is 15.1 Å². The van der Waals surface area contributed by atoms with Crippen LogP contribution in [0.3, 0.4) is 0 Å². The van der Waals surface area contributed by atoms with Crippen molar-refractivity contribution in [2.24, 2.45) is 0 Å². The van der Waals surface area contributed by atoms with Gasteiger partial charge >= 0.3 is 0 Å². The van der Waals surface area contributed by atoms with Gasteiger partial charge in [0.05, 0.1) is 44.6 Å². The van der Waals surface area contributed by atoms with Crippen LogP contribution in [0.4, 0.5) is 11.4 Å². The molecule has 1 aliphatic rings. The summed E-state index contributed by atoms with van der Waals surface area (Å²) in [6.45, 7) is 4.15. The first-order valence-corrected chi connectivity index (χ1v) is 9.38. The smallest absolute Gasteiger partial charge is 0.248 e. The monoisotopic (exact) mass is 390 g/mol. The lowest BCUT2D eigenvalue weighted by Crippen LogP contribution is -3.12. The standard InChI is InChI=1S/C20H21Cl2N3O/c1-24-10-12-25(13-11-24)19-5-3-2-4-18(19)23-20(26)9-7-15-6-8-16(21)14-17(15)22/h2-9,14H,10-13H2,1H3,(H,23,26)/p+1/b9-7+. The molecule has 1 fully saturated rings. The van der Waals surface area contributed by atoms with Gasteiger partial charge in [0.15, 0.2) is 0 Å². The van der Waals surface area contributed by atoms with Gasteiger partial charge in [0.2, 0.25) is 5.91 Å². The second-order valence-electron chi connectivity index (χ2n) is 6.45. The normalized spacial score (nSPS) is 15.4. The zero-order chi connectivity index (χ0) is 18.5. The molecular weight excluding hydrogens is 369 g/mol. The van der Waals surface area contributed by atoms with Crippen molar-refractivity contribution < 1.29 is 9.69 Å². The second kappa shape index (κ2) is 8.58. The second-order valence-corrected chi connectivity index (χ2v) is 7.29. The molecule has 136 valence electrons. The van der Waals surface area contributed by atoms with E-state index in [2.05, 4.69) is 23.3 Å². The molecule has 0 aliphatic carbocycles. The number of hydrogen-bond donors (Lipinski definition) is 2. The SMILES string of the molecule is C[NH+]1CCN(c2ccccc2NC(=O)/C=C/c2ccc(Cl)cc2Cl)CC1. The number of halogens is 2. The van der Waals surface area contributed by atoms with Crippen LogP contribution in [-0.4, -0.2) is 39.1 Å². The zero-order valence-electron chi connectivity index (χ0n) is 14.6. The molecular formula is C20H22Cl2N3O+. The maximum Gasteiger partial charge on any atom is 0.248 e. The number of para-hydroxylation sites is 2. The summed E-state index contributed by atoms with van der Waals surface area (Å²) in [4.78, 5) is 16.2. The van der Waals surface area contributed by atoms with Crippen LogP contribution in [0.25, 0.3) is 6.08 Å². The van der Waals surface area contributed by atoms with E-state index in [9.17, 15) is 4.79 Å². The summed E-state index contributed by atoms with van der Waals surface area (Å²) < 4.78 is 0. The lowest BCUT2D eigenvalue weighted by molar-refractivity contribution is -0.880. The Bertz CT molecular complexity index is 814. The molecule has 4 nitrogen and oxygen atoms in total. The van der Waals surface area contributed by atoms with Gasteiger partial charge in [-0.1, -0.05) is 41.4 Å². The van der Waals surface area contributed by atoms with E-state index < -0.39 is 0 Å². The third kappa shape index (κ3) is 4.79. The molecule has 0 saturated carbocycles. The van der Waals surface area contributed by atoms with Crippen molar-refractivity contribution in [1.82, 2.24) is 0 Å². The summed E-state index contributed by atoms with van der Waals surface area (Å²) in [5.74, 6) is -0.191. The molecule has 2 N–H and O–H groups in total. The lowest BCUT2D eigenvalue weighted by atomic mass is 10.2. The molecule has 3 rings (SSSR count). The van der Waals surface area contributed by atoms with Gasteiger partial charge in [0, 0.05) is 16.1 Å². The first-order chi connectivity index (χ1) is 12.5. The largest absolute Gasteiger partial charge is 0.359 e. The molecule has 2 aromatic carbocycles. The van der Waals surface area contributed by atoms with Crippen LogP contribution in [-0.2, 0) is 4.79 Å². The summed E-state index contributed by atoms with van der Waals surface area (Å²) in [6, 6.07) is 13.1. The molecule has 1 heterocycles. The topological polar surface area (TPSA) is 36.8 Å². The number of carbonyl (C=O) groups is 1. The number of nitrogens with one attached hydrogen (secondary N) is 2. The first-order valence-electron chi connectivity index (χ1n) is 8.62. The molecule has 1 saturated heterocycles. The highest BCUT2D eigenvalue weighted by atomic mass is 35.5. The molecule has 0 radical (unpaired) electrons. The number of hydrogen-bond acceptors (Lipinski definition) is 2. The Hall–Kier alpha value is -2.01. The minimum atomic E-state index is -0.191. The minimum Gasteiger partial charge on any atom is -0.359 e. The Labute approximate surface area is 164 Å². The van der Waals surface area contributed by atoms with Gasteiger partial charge in [-0.15, -0.1) is 0 Å². The van der Waals surface area contributed by atoms with Gasteiger partial charge < -0.3 is 15.1 Å². The van der Waals surface area contributed by atoms with Crippen LogP contribution in [0.2, 0.25) is 10.0 Å². The van der Waals surface area contributed by atoms with E-state index in [0.29, 0.717) is 10.0 Å². The fourth-order valence-electron chi connectivity index (χ4n) is 2.96. The number of carbonyl (C=O) groups excluding carboxylic acids is 1. The average molecular weight is 391 g/mol. The van der Waals surface area contributed by atoms with Gasteiger partial charge in [0.1, 0.15) is 0 Å². The van der Waals surface area contributed by atoms with E-state index in [0.717, 1.165) is 43.1 Å². The van der Waals surface area contributed by atoms with Crippen LogP contribution in [0.1, 0.15) is 5.56 Å². The van der Waals surface area contributed by atoms with Gasteiger partial charge in [-0.2, -0.15) is 0 Å². The van der Waals surface area contributed by atoms with Crippen LogP contribution in [0.15, 0.2) is 48.5 Å². The number of anilines is 2. The van der Waals surface area contributed by atoms with Crippen molar-refractivity contribution in [1.29, 1.82) is 0 Å². The quantitative estimate of drug-likeness (QED) is 0.787. The maximum absolute atomic E-state index is 12.4. The van der Waals surface area contributed by atoms with Crippen LogP contribution in [0, 0.1) is 0 Å². The molecule has 26 heavy (non-hydrogen) atoms. The van der Waals surface area contributed by atoms with Gasteiger partial charge in [-0.25, -0.2) is 0 Å². The number of rotatable bonds is 4. The maximum atomic E-state index is 12.4. The zero-order valence-corrected chi connectivity index (χ0v) is 16.1. The molecule has 0 spiro atoms. The first kappa shape index (κ1) is 18.8. The molecule has 2 aromatic rings. The van der Waals surface area contributed by atoms with E-state index >= 15 is 0 Å². The van der Waals surface area contributed by atoms with Crippen molar-refractivity contribution in [2.75, 3.05) is 43.4 Å². The van der Waals surface area contributed by atoms with Crippen molar-refractivity contribution >= 4 is 46.6 Å². The van der Waals surface area contributed by atoms with E-state index in [1.54, 1.807) is 24.3 Å².